The number of nitrogens with zero attached hydrogens (tertiary/aromatic N) is 3. The highest BCUT2D eigenvalue weighted by Crippen LogP contribution is 2.30. The quantitative estimate of drug-likeness (QED) is 0.623. The molecule has 2 aromatic heterocycles. The molecule has 0 N–H and O–H groups in total. The lowest BCUT2D eigenvalue weighted by Crippen LogP contribution is -2.48. The van der Waals surface area contributed by atoms with Gasteiger partial charge in [0.1, 0.15) is 10.6 Å². The van der Waals surface area contributed by atoms with E-state index in [1.165, 1.54) is 16.9 Å². The lowest BCUT2D eigenvalue weighted by atomic mass is 10.2. The van der Waals surface area contributed by atoms with Crippen molar-refractivity contribution in [3.05, 3.63) is 63.3 Å². The highest BCUT2D eigenvalue weighted by atomic mass is 35.5. The zero-order valence-corrected chi connectivity index (χ0v) is 17.5. The molecule has 0 unspecified atom stereocenters. The highest BCUT2D eigenvalue weighted by Gasteiger charge is 2.26. The van der Waals surface area contributed by atoms with E-state index in [2.05, 4.69) is 22.0 Å². The van der Waals surface area contributed by atoms with E-state index >= 15 is 0 Å². The van der Waals surface area contributed by atoms with Crippen molar-refractivity contribution in [3.8, 4) is 10.8 Å². The maximum atomic E-state index is 13.0. The van der Waals surface area contributed by atoms with Crippen LogP contribution in [0.5, 0.6) is 0 Å². The number of carbonyl (C=O) groups is 1. The molecule has 7 heteroatoms. The molecule has 3 heterocycles. The molecule has 4 rings (SSSR count). The molecule has 1 fully saturated rings. The van der Waals surface area contributed by atoms with Crippen LogP contribution in [0.3, 0.4) is 0 Å². The first-order valence-electron chi connectivity index (χ1n) is 9.30. The van der Waals surface area contributed by atoms with Gasteiger partial charge in [-0.25, -0.2) is 4.98 Å². The van der Waals surface area contributed by atoms with E-state index in [1.54, 1.807) is 0 Å². The minimum atomic E-state index is 0.0654. The first kappa shape index (κ1) is 19.2. The van der Waals surface area contributed by atoms with Crippen LogP contribution in [0.4, 0.5) is 0 Å². The summed E-state index contributed by atoms with van der Waals surface area (Å²) in [5, 5.41) is 1.51. The number of hydrogen-bond acceptors (Lipinski definition) is 5. The van der Waals surface area contributed by atoms with Gasteiger partial charge in [-0.05, 0) is 43.7 Å². The Bertz CT molecular complexity index is 972. The Morgan fingerprint density at radius 2 is 1.82 bits per heavy atom. The fraction of sp³-hybridized carbons (Fsp3) is 0.333. The molecular weight excluding hydrogens is 394 g/mol. The minimum Gasteiger partial charge on any atom is -0.459 e. The third kappa shape index (κ3) is 4.14. The molecule has 1 saturated heterocycles. The summed E-state index contributed by atoms with van der Waals surface area (Å²) >= 11 is 7.36. The lowest BCUT2D eigenvalue weighted by Gasteiger charge is -2.34. The van der Waals surface area contributed by atoms with Gasteiger partial charge in [0.2, 0.25) is 0 Å². The number of thiazole rings is 1. The normalized spacial score (nSPS) is 15.2. The Kier molecular flexibility index (Phi) is 5.53. The molecule has 28 heavy (non-hydrogen) atoms. The van der Waals surface area contributed by atoms with Gasteiger partial charge in [-0.1, -0.05) is 23.7 Å². The second kappa shape index (κ2) is 8.07. The van der Waals surface area contributed by atoms with Crippen LogP contribution >= 0.6 is 22.9 Å². The summed E-state index contributed by atoms with van der Waals surface area (Å²) in [4.78, 5) is 22.5. The molecule has 146 valence electrons. The third-order valence-electron chi connectivity index (χ3n) is 4.92. The van der Waals surface area contributed by atoms with Crippen molar-refractivity contribution in [3.63, 3.8) is 0 Å². The van der Waals surface area contributed by atoms with Gasteiger partial charge in [0, 0.05) is 37.7 Å². The van der Waals surface area contributed by atoms with Crippen molar-refractivity contribution in [2.24, 2.45) is 0 Å². The summed E-state index contributed by atoms with van der Waals surface area (Å²) in [6.45, 7) is 7.82. The highest BCUT2D eigenvalue weighted by molar-refractivity contribution is 7.17. The average Bonchev–Trinajstić information content (AvgIpc) is 3.29. The van der Waals surface area contributed by atoms with Crippen LogP contribution in [-0.4, -0.2) is 46.9 Å². The first-order valence-corrected chi connectivity index (χ1v) is 10.5. The van der Waals surface area contributed by atoms with Crippen LogP contribution in [0, 0.1) is 13.8 Å². The molecule has 3 aromatic rings. The fourth-order valence-corrected chi connectivity index (χ4v) is 4.47. The predicted molar refractivity (Wildman–Crippen MR) is 112 cm³/mol. The van der Waals surface area contributed by atoms with Gasteiger partial charge in [0.05, 0.1) is 5.69 Å². The smallest absolute Gasteiger partial charge is 0.265 e. The molecule has 0 radical (unpaired) electrons. The Hall–Kier alpha value is -2.15. The van der Waals surface area contributed by atoms with Gasteiger partial charge in [-0.2, -0.15) is 0 Å². The van der Waals surface area contributed by atoms with Crippen molar-refractivity contribution in [2.75, 3.05) is 26.2 Å². The number of halogens is 1. The van der Waals surface area contributed by atoms with Crippen LogP contribution in [0.1, 0.15) is 26.7 Å². The molecule has 0 spiro atoms. The van der Waals surface area contributed by atoms with Gasteiger partial charge in [0.25, 0.3) is 5.91 Å². The summed E-state index contributed by atoms with van der Waals surface area (Å²) in [5.74, 6) is 1.63. The van der Waals surface area contributed by atoms with Crippen molar-refractivity contribution < 1.29 is 9.21 Å². The Balaban J connectivity index is 1.39. The van der Waals surface area contributed by atoms with Crippen LogP contribution in [-0.2, 0) is 6.54 Å². The predicted octanol–water partition coefficient (Wildman–Crippen LogP) is 4.63. The molecular formula is C21H22ClN3O2S. The second-order valence-corrected chi connectivity index (χ2v) is 8.47. The van der Waals surface area contributed by atoms with Gasteiger partial charge < -0.3 is 9.32 Å². The summed E-state index contributed by atoms with van der Waals surface area (Å²) in [6.07, 6.45) is 0. The zero-order valence-electron chi connectivity index (χ0n) is 15.9. The van der Waals surface area contributed by atoms with Crippen molar-refractivity contribution in [1.82, 2.24) is 14.8 Å². The van der Waals surface area contributed by atoms with E-state index < -0.39 is 0 Å². The van der Waals surface area contributed by atoms with Gasteiger partial charge >= 0.3 is 0 Å². The number of carbonyl (C=O) groups excluding carboxylic acids is 1. The molecule has 0 saturated carbocycles. The maximum Gasteiger partial charge on any atom is 0.265 e. The topological polar surface area (TPSA) is 49.6 Å². The summed E-state index contributed by atoms with van der Waals surface area (Å²) < 4.78 is 5.65. The first-order chi connectivity index (χ1) is 13.5. The number of furan rings is 1. The van der Waals surface area contributed by atoms with E-state index in [-0.39, 0.29) is 5.91 Å². The van der Waals surface area contributed by atoms with Crippen molar-refractivity contribution in [2.45, 2.75) is 20.4 Å². The molecule has 1 amide bonds. The van der Waals surface area contributed by atoms with Crippen LogP contribution in [0.15, 0.2) is 40.8 Å². The molecule has 5 nitrogen and oxygen atoms in total. The molecule has 1 aromatic carbocycles. The van der Waals surface area contributed by atoms with E-state index in [9.17, 15) is 4.79 Å². The van der Waals surface area contributed by atoms with Crippen LogP contribution < -0.4 is 0 Å². The van der Waals surface area contributed by atoms with Crippen molar-refractivity contribution in [1.29, 1.82) is 0 Å². The van der Waals surface area contributed by atoms with Gasteiger partial charge in [-0.15, -0.1) is 11.3 Å². The Morgan fingerprint density at radius 1 is 1.11 bits per heavy atom. The average molecular weight is 416 g/mol. The SMILES string of the molecule is Cc1ccc(-c2nc(C)c(C(=O)N3CCN(Cc4ccc(Cl)cc4)CC3)s2)o1. The third-order valence-corrected chi connectivity index (χ3v) is 6.33. The number of hydrogen-bond donors (Lipinski definition) is 0. The minimum absolute atomic E-state index is 0.0654. The fourth-order valence-electron chi connectivity index (χ4n) is 3.35. The second-order valence-electron chi connectivity index (χ2n) is 7.04. The number of rotatable bonds is 4. The number of aryl methyl sites for hydroxylation is 2. The van der Waals surface area contributed by atoms with E-state index in [1.807, 2.05) is 43.0 Å². The van der Waals surface area contributed by atoms with Crippen LogP contribution in [0.25, 0.3) is 10.8 Å². The van der Waals surface area contributed by atoms with E-state index in [4.69, 9.17) is 16.0 Å². The molecule has 0 bridgehead atoms. The monoisotopic (exact) mass is 415 g/mol. The summed E-state index contributed by atoms with van der Waals surface area (Å²) in [5.41, 5.74) is 2.00. The number of benzene rings is 1. The van der Waals surface area contributed by atoms with Crippen LogP contribution in [0.2, 0.25) is 5.02 Å². The summed E-state index contributed by atoms with van der Waals surface area (Å²) in [6, 6.07) is 11.8. The van der Waals surface area contributed by atoms with Crippen molar-refractivity contribution >= 4 is 28.8 Å². The molecule has 0 aliphatic carbocycles. The largest absolute Gasteiger partial charge is 0.459 e. The van der Waals surface area contributed by atoms with E-state index in [0.29, 0.717) is 4.88 Å². The number of aromatic nitrogens is 1. The Labute approximate surface area is 173 Å². The van der Waals surface area contributed by atoms with Gasteiger partial charge in [-0.3, -0.25) is 9.69 Å². The standard InChI is InChI=1S/C21H22ClN3O2S/c1-14-3-8-18(27-14)20-23-15(2)19(28-20)21(26)25-11-9-24(10-12-25)13-16-4-6-17(22)7-5-16/h3-8H,9-13H2,1-2H3. The number of piperazine rings is 1. The lowest BCUT2D eigenvalue weighted by molar-refractivity contribution is 0.0632. The maximum absolute atomic E-state index is 13.0. The molecule has 1 aliphatic rings. The molecule has 0 atom stereocenters. The summed E-state index contributed by atoms with van der Waals surface area (Å²) in [7, 11) is 0. The molecule has 1 aliphatic heterocycles. The number of amides is 1. The van der Waals surface area contributed by atoms with E-state index in [0.717, 1.165) is 60.0 Å². The Morgan fingerprint density at radius 3 is 2.46 bits per heavy atom. The zero-order chi connectivity index (χ0) is 19.7. The van der Waals surface area contributed by atoms with Gasteiger partial charge in [0.15, 0.2) is 10.8 Å².